The van der Waals surface area contributed by atoms with Crippen LogP contribution in [-0.4, -0.2) is 21.4 Å². The van der Waals surface area contributed by atoms with Crippen LogP contribution in [0.15, 0.2) is 22.7 Å². The summed E-state index contributed by atoms with van der Waals surface area (Å²) in [5.74, 6) is 0.832. The van der Waals surface area contributed by atoms with Crippen molar-refractivity contribution >= 4 is 12.0 Å². The molecule has 0 fully saturated rings. The summed E-state index contributed by atoms with van der Waals surface area (Å²) < 4.78 is 10.3. The van der Waals surface area contributed by atoms with Gasteiger partial charge >= 0.3 is 5.69 Å². The van der Waals surface area contributed by atoms with E-state index in [9.17, 15) is 14.9 Å². The summed E-state index contributed by atoms with van der Waals surface area (Å²) in [7, 11) is 0. The molecule has 0 amide bonds. The number of hydrogen-bond donors (Lipinski definition) is 0. The molecule has 8 nitrogen and oxygen atoms in total. The molecule has 0 saturated heterocycles. The predicted octanol–water partition coefficient (Wildman–Crippen LogP) is 2.49. The SMILES string of the molecule is CC(C)c1noc(COc2cc(C=O)ccc2[N+](=O)[O-])n1. The molecule has 0 unspecified atom stereocenters. The van der Waals surface area contributed by atoms with Crippen LogP contribution in [0.25, 0.3) is 0 Å². The van der Waals surface area contributed by atoms with E-state index in [4.69, 9.17) is 9.26 Å². The number of carbonyl (C=O) groups is 1. The summed E-state index contributed by atoms with van der Waals surface area (Å²) in [6, 6.07) is 3.86. The molecule has 0 radical (unpaired) electrons. The largest absolute Gasteiger partial charge is 0.477 e. The van der Waals surface area contributed by atoms with E-state index in [0.717, 1.165) is 0 Å². The minimum Gasteiger partial charge on any atom is -0.477 e. The highest BCUT2D eigenvalue weighted by Crippen LogP contribution is 2.28. The highest BCUT2D eigenvalue weighted by molar-refractivity contribution is 5.76. The number of ether oxygens (including phenoxy) is 1. The highest BCUT2D eigenvalue weighted by atomic mass is 16.6. The second-order valence-electron chi connectivity index (χ2n) is 4.59. The molecule has 8 heteroatoms. The zero-order chi connectivity index (χ0) is 15.4. The number of carbonyl (C=O) groups excluding carboxylic acids is 1. The number of nitrogens with zero attached hydrogens (tertiary/aromatic N) is 3. The number of benzene rings is 1. The van der Waals surface area contributed by atoms with Gasteiger partial charge in [-0.05, 0) is 12.1 Å². The first-order valence-corrected chi connectivity index (χ1v) is 6.20. The van der Waals surface area contributed by atoms with E-state index in [0.29, 0.717) is 12.1 Å². The van der Waals surface area contributed by atoms with E-state index >= 15 is 0 Å². The third-order valence-corrected chi connectivity index (χ3v) is 2.67. The summed E-state index contributed by atoms with van der Waals surface area (Å²) in [5.41, 5.74) is 0.0493. The molecule has 0 aliphatic carbocycles. The Hall–Kier alpha value is -2.77. The summed E-state index contributed by atoms with van der Waals surface area (Å²) in [6.07, 6.45) is 0.583. The van der Waals surface area contributed by atoms with Crippen LogP contribution in [0.2, 0.25) is 0 Å². The van der Waals surface area contributed by atoms with E-state index in [-0.39, 0.29) is 35.4 Å². The number of hydrogen-bond acceptors (Lipinski definition) is 7. The van der Waals surface area contributed by atoms with Crippen molar-refractivity contribution in [3.63, 3.8) is 0 Å². The van der Waals surface area contributed by atoms with Crippen LogP contribution in [0.4, 0.5) is 5.69 Å². The molecular formula is C13H13N3O5. The summed E-state index contributed by atoms with van der Waals surface area (Å²) in [5, 5.41) is 14.7. The van der Waals surface area contributed by atoms with Gasteiger partial charge in [-0.25, -0.2) is 0 Å². The molecule has 1 heterocycles. The van der Waals surface area contributed by atoms with Gasteiger partial charge in [0.05, 0.1) is 4.92 Å². The third kappa shape index (κ3) is 3.41. The molecular weight excluding hydrogens is 278 g/mol. The lowest BCUT2D eigenvalue weighted by Crippen LogP contribution is -2.00. The first kappa shape index (κ1) is 14.6. The number of aromatic nitrogens is 2. The molecule has 2 rings (SSSR count). The molecule has 1 aromatic heterocycles. The van der Waals surface area contributed by atoms with Gasteiger partial charge < -0.3 is 9.26 Å². The minimum atomic E-state index is -0.586. The molecule has 0 aliphatic heterocycles. The van der Waals surface area contributed by atoms with Crippen LogP contribution < -0.4 is 4.74 Å². The van der Waals surface area contributed by atoms with Crippen molar-refractivity contribution in [2.24, 2.45) is 0 Å². The van der Waals surface area contributed by atoms with Crippen molar-refractivity contribution in [3.8, 4) is 5.75 Å². The Balaban J connectivity index is 2.17. The van der Waals surface area contributed by atoms with Gasteiger partial charge in [0.15, 0.2) is 18.2 Å². The molecule has 2 aromatic rings. The van der Waals surface area contributed by atoms with Crippen LogP contribution in [-0.2, 0) is 6.61 Å². The van der Waals surface area contributed by atoms with Crippen LogP contribution in [0.1, 0.15) is 41.8 Å². The van der Waals surface area contributed by atoms with Crippen LogP contribution in [0, 0.1) is 10.1 Å². The van der Waals surface area contributed by atoms with Crippen molar-refractivity contribution in [1.29, 1.82) is 0 Å². The van der Waals surface area contributed by atoms with Gasteiger partial charge in [0, 0.05) is 17.5 Å². The van der Waals surface area contributed by atoms with E-state index in [2.05, 4.69) is 10.1 Å². The molecule has 0 bridgehead atoms. The standard InChI is InChI=1S/C13H13N3O5/c1-8(2)13-14-12(21-15-13)7-20-11-5-9(6-17)3-4-10(11)16(18)19/h3-6,8H,7H2,1-2H3. The second-order valence-corrected chi connectivity index (χ2v) is 4.59. The number of aldehydes is 1. The minimum absolute atomic E-state index is 0.0195. The monoisotopic (exact) mass is 291 g/mol. The molecule has 0 atom stereocenters. The van der Waals surface area contributed by atoms with Gasteiger partial charge in [-0.1, -0.05) is 19.0 Å². The van der Waals surface area contributed by atoms with Crippen molar-refractivity contribution in [3.05, 3.63) is 45.6 Å². The maximum atomic E-state index is 10.9. The average Bonchev–Trinajstić information content (AvgIpc) is 2.93. The fraction of sp³-hybridized carbons (Fsp3) is 0.308. The van der Waals surface area contributed by atoms with Crippen molar-refractivity contribution in [1.82, 2.24) is 10.1 Å². The third-order valence-electron chi connectivity index (χ3n) is 2.67. The number of nitro groups is 1. The maximum Gasteiger partial charge on any atom is 0.310 e. The van der Waals surface area contributed by atoms with Gasteiger partial charge in [-0.3, -0.25) is 14.9 Å². The first-order chi connectivity index (χ1) is 10.0. The molecule has 0 N–H and O–H groups in total. The van der Waals surface area contributed by atoms with Gasteiger partial charge in [-0.15, -0.1) is 0 Å². The van der Waals surface area contributed by atoms with Crippen LogP contribution in [0.3, 0.4) is 0 Å². The van der Waals surface area contributed by atoms with E-state index in [1.54, 1.807) is 0 Å². The van der Waals surface area contributed by atoms with Gasteiger partial charge in [0.1, 0.15) is 6.29 Å². The van der Waals surface area contributed by atoms with Gasteiger partial charge in [0.2, 0.25) is 0 Å². The Labute approximate surface area is 119 Å². The lowest BCUT2D eigenvalue weighted by molar-refractivity contribution is -0.386. The van der Waals surface area contributed by atoms with E-state index in [1.807, 2.05) is 13.8 Å². The summed E-state index contributed by atoms with van der Waals surface area (Å²) in [6.45, 7) is 3.71. The smallest absolute Gasteiger partial charge is 0.310 e. The Morgan fingerprint density at radius 3 is 2.81 bits per heavy atom. The van der Waals surface area contributed by atoms with Crippen LogP contribution >= 0.6 is 0 Å². The number of nitro benzene ring substituents is 1. The number of rotatable bonds is 6. The zero-order valence-corrected chi connectivity index (χ0v) is 11.5. The zero-order valence-electron chi connectivity index (χ0n) is 11.5. The van der Waals surface area contributed by atoms with Gasteiger partial charge in [0.25, 0.3) is 5.89 Å². The Morgan fingerprint density at radius 1 is 1.48 bits per heavy atom. The fourth-order valence-corrected chi connectivity index (χ4v) is 1.57. The Kier molecular flexibility index (Phi) is 4.27. The van der Waals surface area contributed by atoms with Gasteiger partial charge in [-0.2, -0.15) is 4.98 Å². The topological polar surface area (TPSA) is 108 Å². The lowest BCUT2D eigenvalue weighted by Gasteiger charge is -2.04. The van der Waals surface area contributed by atoms with Crippen LogP contribution in [0.5, 0.6) is 5.75 Å². The summed E-state index contributed by atoms with van der Waals surface area (Å²) in [4.78, 5) is 25.2. The summed E-state index contributed by atoms with van der Waals surface area (Å²) >= 11 is 0. The van der Waals surface area contributed by atoms with Crippen molar-refractivity contribution in [2.75, 3.05) is 0 Å². The molecule has 0 spiro atoms. The lowest BCUT2D eigenvalue weighted by atomic mass is 10.2. The molecule has 0 aliphatic rings. The Morgan fingerprint density at radius 2 is 2.24 bits per heavy atom. The Bertz CT molecular complexity index is 666. The van der Waals surface area contributed by atoms with E-state index < -0.39 is 4.92 Å². The maximum absolute atomic E-state index is 10.9. The molecule has 21 heavy (non-hydrogen) atoms. The average molecular weight is 291 g/mol. The predicted molar refractivity (Wildman–Crippen MR) is 71.2 cm³/mol. The van der Waals surface area contributed by atoms with E-state index in [1.165, 1.54) is 18.2 Å². The highest BCUT2D eigenvalue weighted by Gasteiger charge is 2.17. The van der Waals surface area contributed by atoms with Crippen molar-refractivity contribution in [2.45, 2.75) is 26.4 Å². The first-order valence-electron chi connectivity index (χ1n) is 6.20. The molecule has 1 aromatic carbocycles. The normalized spacial score (nSPS) is 10.6. The van der Waals surface area contributed by atoms with Crippen molar-refractivity contribution < 1.29 is 19.0 Å². The quantitative estimate of drug-likeness (QED) is 0.457. The molecule has 110 valence electrons. The second kappa shape index (κ2) is 6.12. The molecule has 0 saturated carbocycles. The fourth-order valence-electron chi connectivity index (χ4n) is 1.57.